The number of amides is 2. The molecule has 2 aliphatic heterocycles. The minimum atomic E-state index is -1.91. The fourth-order valence-corrected chi connectivity index (χ4v) is 4.17. The number of unbranched alkanes of at least 4 members (excludes halogenated alkanes) is 1. The van der Waals surface area contributed by atoms with Gasteiger partial charge >= 0.3 is 14.2 Å². The lowest BCUT2D eigenvalue weighted by atomic mass is 9.79. The molecule has 2 aromatic carbocycles. The van der Waals surface area contributed by atoms with Crippen LogP contribution in [-0.2, 0) is 22.5 Å². The van der Waals surface area contributed by atoms with Gasteiger partial charge in [0.2, 0.25) is 0 Å². The molecule has 0 saturated carbocycles. The smallest absolute Gasteiger partial charge is 0.423 e. The van der Waals surface area contributed by atoms with Crippen LogP contribution in [0, 0.1) is 11.6 Å². The van der Waals surface area contributed by atoms with Gasteiger partial charge in [0.25, 0.3) is 11.8 Å². The summed E-state index contributed by atoms with van der Waals surface area (Å²) >= 11 is 0. The Morgan fingerprint density at radius 3 is 1.94 bits per heavy atom. The number of aliphatic hydroxyl groups excluding tert-OH is 1. The van der Waals surface area contributed by atoms with Gasteiger partial charge in [0.15, 0.2) is 6.29 Å². The van der Waals surface area contributed by atoms with Gasteiger partial charge in [-0.25, -0.2) is 8.78 Å². The zero-order valence-corrected chi connectivity index (χ0v) is 19.0. The van der Waals surface area contributed by atoms with E-state index in [1.807, 2.05) is 0 Å². The Hall–Kier alpha value is -2.87. The molecule has 0 fully saturated rings. The normalized spacial score (nSPS) is 15.2. The summed E-state index contributed by atoms with van der Waals surface area (Å²) in [4.78, 5) is 24.9. The maximum Gasteiger partial charge on any atom is 0.491 e. The van der Waals surface area contributed by atoms with Crippen LogP contribution in [0.15, 0.2) is 24.3 Å². The molecule has 0 aliphatic carbocycles. The molecule has 2 heterocycles. The second kappa shape index (κ2) is 11.0. The van der Waals surface area contributed by atoms with Crippen molar-refractivity contribution in [1.82, 2.24) is 10.6 Å². The molecular weight excluding hydrogens is 480 g/mol. The van der Waals surface area contributed by atoms with Crippen LogP contribution in [0.1, 0.15) is 51.1 Å². The molecule has 0 unspecified atom stereocenters. The molecule has 2 aliphatic rings. The van der Waals surface area contributed by atoms with E-state index in [9.17, 15) is 38.6 Å². The van der Waals surface area contributed by atoms with Gasteiger partial charge < -0.3 is 40.2 Å². The first kappa shape index (κ1) is 26.2. The van der Waals surface area contributed by atoms with E-state index in [0.717, 1.165) is 12.1 Å². The molecule has 0 radical (unpaired) electrons. The van der Waals surface area contributed by atoms with E-state index in [4.69, 9.17) is 9.31 Å². The van der Waals surface area contributed by atoms with E-state index in [-0.39, 0.29) is 48.2 Å². The lowest BCUT2D eigenvalue weighted by molar-refractivity contribution is -0.0670. The standard InChI is InChI=1S/C22H24B2F2N2O8/c25-17-7-15-11(9-35-23(15)33)5-13(17)20(29)27-4-2-1-3-19(22(31)32)28-21(30)14-6-12-10-36-24(34)16(12)8-18(14)26/h5-8,19,22,31-34H,1-4,9-10H2,(H,27,29)(H,28,30)/t19-/m0/s1. The maximum absolute atomic E-state index is 14.4. The third kappa shape index (κ3) is 5.59. The highest BCUT2D eigenvalue weighted by molar-refractivity contribution is 6.62. The first-order valence-electron chi connectivity index (χ1n) is 11.3. The van der Waals surface area contributed by atoms with Gasteiger partial charge in [0.1, 0.15) is 11.6 Å². The van der Waals surface area contributed by atoms with E-state index in [1.165, 1.54) is 12.1 Å². The van der Waals surface area contributed by atoms with Crippen molar-refractivity contribution in [2.75, 3.05) is 6.54 Å². The Morgan fingerprint density at radius 1 is 0.889 bits per heavy atom. The molecule has 14 heteroatoms. The first-order chi connectivity index (χ1) is 17.2. The van der Waals surface area contributed by atoms with Gasteiger partial charge in [0.05, 0.1) is 30.4 Å². The molecule has 2 aromatic rings. The minimum Gasteiger partial charge on any atom is -0.423 e. The lowest BCUT2D eigenvalue weighted by Crippen LogP contribution is -2.43. The van der Waals surface area contributed by atoms with Crippen molar-refractivity contribution in [3.05, 3.63) is 58.2 Å². The monoisotopic (exact) mass is 504 g/mol. The molecule has 4 rings (SSSR count). The van der Waals surface area contributed by atoms with Gasteiger partial charge in [-0.2, -0.15) is 0 Å². The van der Waals surface area contributed by atoms with Crippen LogP contribution in [0.5, 0.6) is 0 Å². The van der Waals surface area contributed by atoms with Crippen LogP contribution in [0.3, 0.4) is 0 Å². The molecule has 190 valence electrons. The summed E-state index contributed by atoms with van der Waals surface area (Å²) in [5, 5.41) is 43.5. The second-order valence-electron chi connectivity index (χ2n) is 8.63. The van der Waals surface area contributed by atoms with Crippen LogP contribution < -0.4 is 21.6 Å². The van der Waals surface area contributed by atoms with Crippen molar-refractivity contribution < 1.29 is 47.9 Å². The maximum atomic E-state index is 14.4. The van der Waals surface area contributed by atoms with Crippen molar-refractivity contribution in [3.8, 4) is 0 Å². The number of fused-ring (bicyclic) bond motifs is 2. The molecular formula is C22H24B2F2N2O8. The number of carbonyl (C=O) groups excluding carboxylic acids is 2. The first-order valence-corrected chi connectivity index (χ1v) is 11.3. The summed E-state index contributed by atoms with van der Waals surface area (Å²) in [7, 11) is -2.48. The molecule has 0 aromatic heterocycles. The molecule has 2 amide bonds. The molecule has 1 atom stereocenters. The zero-order valence-electron chi connectivity index (χ0n) is 19.0. The summed E-state index contributed by atoms with van der Waals surface area (Å²) in [6, 6.07) is 3.54. The number of rotatable bonds is 9. The highest BCUT2D eigenvalue weighted by Crippen LogP contribution is 2.17. The summed E-state index contributed by atoms with van der Waals surface area (Å²) in [5.41, 5.74) is 0.985. The average molecular weight is 504 g/mol. The third-order valence-electron chi connectivity index (χ3n) is 6.18. The van der Waals surface area contributed by atoms with Crippen molar-refractivity contribution >= 4 is 37.0 Å². The largest absolute Gasteiger partial charge is 0.491 e. The van der Waals surface area contributed by atoms with Crippen molar-refractivity contribution in [3.63, 3.8) is 0 Å². The van der Waals surface area contributed by atoms with Gasteiger partial charge in [-0.15, -0.1) is 0 Å². The summed E-state index contributed by atoms with van der Waals surface area (Å²) in [6.45, 7) is 0.233. The quantitative estimate of drug-likeness (QED) is 0.136. The summed E-state index contributed by atoms with van der Waals surface area (Å²) in [5.74, 6) is -3.18. The Kier molecular flexibility index (Phi) is 8.03. The van der Waals surface area contributed by atoms with E-state index in [1.54, 1.807) is 0 Å². The Bertz CT molecular complexity index is 1170. The summed E-state index contributed by atoms with van der Waals surface area (Å²) in [6.07, 6.45) is -1.08. The number of aliphatic hydroxyl groups is 2. The number of hydrogen-bond acceptors (Lipinski definition) is 8. The van der Waals surface area contributed by atoms with Gasteiger partial charge in [-0.05, 0) is 65.6 Å². The zero-order chi connectivity index (χ0) is 26.0. The van der Waals surface area contributed by atoms with Crippen LogP contribution in [0.4, 0.5) is 8.78 Å². The topological polar surface area (TPSA) is 158 Å². The van der Waals surface area contributed by atoms with Crippen molar-refractivity contribution in [1.29, 1.82) is 0 Å². The third-order valence-corrected chi connectivity index (χ3v) is 6.18. The number of hydrogen-bond donors (Lipinski definition) is 6. The molecule has 10 nitrogen and oxygen atoms in total. The predicted octanol–water partition coefficient (Wildman–Crippen LogP) is -1.59. The van der Waals surface area contributed by atoms with Crippen LogP contribution in [-0.4, -0.2) is 65.2 Å². The van der Waals surface area contributed by atoms with Crippen molar-refractivity contribution in [2.24, 2.45) is 0 Å². The molecule has 36 heavy (non-hydrogen) atoms. The van der Waals surface area contributed by atoms with E-state index < -0.39 is 50.0 Å². The number of nitrogens with one attached hydrogen (secondary N) is 2. The van der Waals surface area contributed by atoms with E-state index >= 15 is 0 Å². The van der Waals surface area contributed by atoms with Crippen molar-refractivity contribution in [2.45, 2.75) is 44.8 Å². The van der Waals surface area contributed by atoms with Gasteiger partial charge in [-0.3, -0.25) is 9.59 Å². The van der Waals surface area contributed by atoms with Crippen LogP contribution in [0.2, 0.25) is 0 Å². The SMILES string of the molecule is O=C(NCCCC[C@H](NC(=O)c1cc2c(cc1F)B(O)OC2)C(O)O)c1cc2c(cc1F)B(O)OC2. The Morgan fingerprint density at radius 2 is 1.42 bits per heavy atom. The minimum absolute atomic E-state index is 0.0138. The fraction of sp³-hybridized carbons (Fsp3) is 0.364. The molecule has 6 N–H and O–H groups in total. The molecule has 0 saturated heterocycles. The van der Waals surface area contributed by atoms with Crippen LogP contribution in [0.25, 0.3) is 0 Å². The summed E-state index contributed by atoms with van der Waals surface area (Å²) < 4.78 is 38.6. The van der Waals surface area contributed by atoms with Crippen LogP contribution >= 0.6 is 0 Å². The number of halogens is 2. The Balaban J connectivity index is 1.26. The molecule has 0 spiro atoms. The van der Waals surface area contributed by atoms with Gasteiger partial charge in [-0.1, -0.05) is 0 Å². The van der Waals surface area contributed by atoms with Gasteiger partial charge in [0, 0.05) is 6.54 Å². The fourth-order valence-electron chi connectivity index (χ4n) is 4.17. The average Bonchev–Trinajstić information content (AvgIpc) is 3.38. The highest BCUT2D eigenvalue weighted by atomic mass is 19.1. The number of benzene rings is 2. The van der Waals surface area contributed by atoms with E-state index in [2.05, 4.69) is 10.6 Å². The second-order valence-corrected chi connectivity index (χ2v) is 8.63. The Labute approximate surface area is 205 Å². The molecule has 0 bridgehead atoms. The number of carbonyl (C=O) groups is 2. The van der Waals surface area contributed by atoms with E-state index in [0.29, 0.717) is 24.0 Å². The predicted molar refractivity (Wildman–Crippen MR) is 123 cm³/mol. The lowest BCUT2D eigenvalue weighted by Gasteiger charge is -2.21. The highest BCUT2D eigenvalue weighted by Gasteiger charge is 2.31.